The van der Waals surface area contributed by atoms with Crippen LogP contribution in [0.5, 0.6) is 28.7 Å². The lowest BCUT2D eigenvalue weighted by Crippen LogP contribution is -2.23. The van der Waals surface area contributed by atoms with Gasteiger partial charge in [-0.25, -0.2) is 0 Å². The number of carbonyl (C=O) groups excluding carboxylic acids is 1. The van der Waals surface area contributed by atoms with Gasteiger partial charge >= 0.3 is 0 Å². The maximum atomic E-state index is 12.8. The van der Waals surface area contributed by atoms with Crippen molar-refractivity contribution in [2.45, 2.75) is 6.54 Å². The third kappa shape index (κ3) is 4.79. The van der Waals surface area contributed by atoms with Crippen molar-refractivity contribution < 1.29 is 23.7 Å². The van der Waals surface area contributed by atoms with E-state index in [9.17, 15) is 4.79 Å². The molecule has 29 heavy (non-hydrogen) atoms. The highest BCUT2D eigenvalue weighted by atomic mass is 16.5. The summed E-state index contributed by atoms with van der Waals surface area (Å²) >= 11 is 0. The van der Waals surface area contributed by atoms with Gasteiger partial charge in [0, 0.05) is 24.2 Å². The summed E-state index contributed by atoms with van der Waals surface area (Å²) in [5, 5.41) is 2.91. The molecule has 0 radical (unpaired) electrons. The van der Waals surface area contributed by atoms with Gasteiger partial charge in [0.1, 0.15) is 17.2 Å². The van der Waals surface area contributed by atoms with Crippen molar-refractivity contribution in [1.29, 1.82) is 0 Å². The molecule has 1 amide bonds. The maximum absolute atomic E-state index is 12.8. The standard InChI is InChI=1S/C23H23NO5/c1-26-20-14-22(28-3)21(27-2)13-18(20)23(25)24-15-16-9-7-8-12-19(16)29-17-10-5-4-6-11-17/h4-14H,15H2,1-3H3,(H,24,25). The lowest BCUT2D eigenvalue weighted by Gasteiger charge is -2.15. The quantitative estimate of drug-likeness (QED) is 0.613. The molecule has 6 nitrogen and oxygen atoms in total. The van der Waals surface area contributed by atoms with Crippen molar-refractivity contribution in [1.82, 2.24) is 5.32 Å². The number of rotatable bonds is 8. The van der Waals surface area contributed by atoms with Gasteiger partial charge in [0.25, 0.3) is 5.91 Å². The van der Waals surface area contributed by atoms with Crippen LogP contribution in [-0.4, -0.2) is 27.2 Å². The van der Waals surface area contributed by atoms with E-state index in [0.717, 1.165) is 11.3 Å². The normalized spacial score (nSPS) is 10.2. The van der Waals surface area contributed by atoms with E-state index in [1.807, 2.05) is 54.6 Å². The van der Waals surface area contributed by atoms with Crippen molar-refractivity contribution in [2.75, 3.05) is 21.3 Å². The monoisotopic (exact) mass is 393 g/mol. The van der Waals surface area contributed by atoms with Crippen LogP contribution in [0.3, 0.4) is 0 Å². The number of hydrogen-bond donors (Lipinski definition) is 1. The molecule has 0 saturated heterocycles. The molecule has 0 saturated carbocycles. The summed E-state index contributed by atoms with van der Waals surface area (Å²) in [7, 11) is 4.55. The van der Waals surface area contributed by atoms with Gasteiger partial charge in [-0.15, -0.1) is 0 Å². The van der Waals surface area contributed by atoms with Gasteiger partial charge in [-0.2, -0.15) is 0 Å². The second-order valence-corrected chi connectivity index (χ2v) is 6.11. The number of methoxy groups -OCH3 is 3. The van der Waals surface area contributed by atoms with Gasteiger partial charge in [-0.1, -0.05) is 36.4 Å². The molecule has 0 unspecified atom stereocenters. The predicted molar refractivity (Wildman–Crippen MR) is 110 cm³/mol. The van der Waals surface area contributed by atoms with E-state index < -0.39 is 0 Å². The van der Waals surface area contributed by atoms with Gasteiger partial charge in [0.15, 0.2) is 11.5 Å². The molecule has 0 aliphatic carbocycles. The highest BCUT2D eigenvalue weighted by molar-refractivity contribution is 5.97. The zero-order valence-corrected chi connectivity index (χ0v) is 16.6. The Kier molecular flexibility index (Phi) is 6.58. The summed E-state index contributed by atoms with van der Waals surface area (Å²) in [6.07, 6.45) is 0. The van der Waals surface area contributed by atoms with E-state index in [1.54, 1.807) is 12.1 Å². The molecule has 0 bridgehead atoms. The molecule has 0 aliphatic heterocycles. The minimum Gasteiger partial charge on any atom is -0.496 e. The fourth-order valence-electron chi connectivity index (χ4n) is 2.84. The summed E-state index contributed by atoms with van der Waals surface area (Å²) in [6.45, 7) is 0.291. The Morgan fingerprint density at radius 3 is 2.07 bits per heavy atom. The van der Waals surface area contributed by atoms with E-state index >= 15 is 0 Å². The number of para-hydroxylation sites is 2. The molecular formula is C23H23NO5. The second kappa shape index (κ2) is 9.50. The highest BCUT2D eigenvalue weighted by Gasteiger charge is 2.18. The van der Waals surface area contributed by atoms with E-state index in [-0.39, 0.29) is 5.91 Å². The number of hydrogen-bond acceptors (Lipinski definition) is 5. The molecule has 1 N–H and O–H groups in total. The first kappa shape index (κ1) is 20.1. The number of carbonyl (C=O) groups is 1. The van der Waals surface area contributed by atoms with Crippen LogP contribution >= 0.6 is 0 Å². The van der Waals surface area contributed by atoms with Crippen LogP contribution in [0, 0.1) is 0 Å². The summed E-state index contributed by atoms with van der Waals surface area (Å²) in [5.41, 5.74) is 1.20. The van der Waals surface area contributed by atoms with E-state index in [4.69, 9.17) is 18.9 Å². The third-order valence-corrected chi connectivity index (χ3v) is 4.33. The van der Waals surface area contributed by atoms with Crippen LogP contribution < -0.4 is 24.3 Å². The molecule has 0 fully saturated rings. The lowest BCUT2D eigenvalue weighted by atomic mass is 10.1. The van der Waals surface area contributed by atoms with E-state index in [2.05, 4.69) is 5.32 Å². The third-order valence-electron chi connectivity index (χ3n) is 4.33. The zero-order valence-electron chi connectivity index (χ0n) is 16.6. The molecule has 6 heteroatoms. The Morgan fingerprint density at radius 1 is 0.759 bits per heavy atom. The summed E-state index contributed by atoms with van der Waals surface area (Å²) in [6, 6.07) is 20.3. The van der Waals surface area contributed by atoms with Crippen LogP contribution in [0.15, 0.2) is 66.7 Å². The van der Waals surface area contributed by atoms with E-state index in [0.29, 0.717) is 35.1 Å². The van der Waals surface area contributed by atoms with Crippen molar-refractivity contribution in [3.63, 3.8) is 0 Å². The van der Waals surface area contributed by atoms with Crippen LogP contribution in [-0.2, 0) is 6.54 Å². The molecule has 3 rings (SSSR count). The Morgan fingerprint density at radius 2 is 1.38 bits per heavy atom. The Bertz CT molecular complexity index is 972. The summed E-state index contributed by atoms with van der Waals surface area (Å²) in [4.78, 5) is 12.8. The van der Waals surface area contributed by atoms with Gasteiger partial charge in [0.05, 0.1) is 26.9 Å². The molecule has 0 atom stereocenters. The average molecular weight is 393 g/mol. The molecule has 0 aliphatic rings. The molecular weight excluding hydrogens is 370 g/mol. The fraction of sp³-hybridized carbons (Fsp3) is 0.174. The van der Waals surface area contributed by atoms with Crippen LogP contribution in [0.1, 0.15) is 15.9 Å². The minimum atomic E-state index is -0.294. The fourth-order valence-corrected chi connectivity index (χ4v) is 2.84. The maximum Gasteiger partial charge on any atom is 0.255 e. The molecule has 3 aromatic carbocycles. The van der Waals surface area contributed by atoms with Gasteiger partial charge in [0.2, 0.25) is 0 Å². The minimum absolute atomic E-state index is 0.291. The Labute approximate surface area is 170 Å². The SMILES string of the molecule is COc1cc(OC)c(C(=O)NCc2ccccc2Oc2ccccc2)cc1OC. The molecule has 0 aromatic heterocycles. The molecule has 150 valence electrons. The van der Waals surface area contributed by atoms with Gasteiger partial charge < -0.3 is 24.3 Å². The smallest absolute Gasteiger partial charge is 0.255 e. The summed E-state index contributed by atoms with van der Waals surface area (Å²) in [5.74, 6) is 2.45. The number of nitrogens with one attached hydrogen (secondary N) is 1. The van der Waals surface area contributed by atoms with Crippen molar-refractivity contribution in [3.8, 4) is 28.7 Å². The zero-order chi connectivity index (χ0) is 20.6. The van der Waals surface area contributed by atoms with Crippen LogP contribution in [0.25, 0.3) is 0 Å². The van der Waals surface area contributed by atoms with Crippen LogP contribution in [0.4, 0.5) is 0 Å². The first-order valence-electron chi connectivity index (χ1n) is 9.05. The Balaban J connectivity index is 1.78. The predicted octanol–water partition coefficient (Wildman–Crippen LogP) is 4.43. The number of ether oxygens (including phenoxy) is 4. The number of amides is 1. The highest BCUT2D eigenvalue weighted by Crippen LogP contribution is 2.34. The first-order chi connectivity index (χ1) is 14.2. The average Bonchev–Trinajstić information content (AvgIpc) is 2.78. The number of benzene rings is 3. The molecule has 3 aromatic rings. The van der Waals surface area contributed by atoms with Crippen LogP contribution in [0.2, 0.25) is 0 Å². The van der Waals surface area contributed by atoms with Crippen molar-refractivity contribution >= 4 is 5.91 Å². The van der Waals surface area contributed by atoms with E-state index in [1.165, 1.54) is 21.3 Å². The second-order valence-electron chi connectivity index (χ2n) is 6.11. The van der Waals surface area contributed by atoms with Gasteiger partial charge in [-0.05, 0) is 18.2 Å². The van der Waals surface area contributed by atoms with Crippen molar-refractivity contribution in [3.05, 3.63) is 77.9 Å². The first-order valence-corrected chi connectivity index (χ1v) is 9.05. The molecule has 0 spiro atoms. The van der Waals surface area contributed by atoms with Crippen molar-refractivity contribution in [2.24, 2.45) is 0 Å². The molecule has 0 heterocycles. The Hall–Kier alpha value is -3.67. The van der Waals surface area contributed by atoms with Gasteiger partial charge in [-0.3, -0.25) is 4.79 Å². The summed E-state index contributed by atoms with van der Waals surface area (Å²) < 4.78 is 21.8. The lowest BCUT2D eigenvalue weighted by molar-refractivity contribution is 0.0947. The topological polar surface area (TPSA) is 66.0 Å². The largest absolute Gasteiger partial charge is 0.496 e.